The van der Waals surface area contributed by atoms with E-state index >= 15 is 0 Å². The molecule has 1 fully saturated rings. The van der Waals surface area contributed by atoms with Crippen LogP contribution in [0.25, 0.3) is 11.1 Å². The summed E-state index contributed by atoms with van der Waals surface area (Å²) in [6.45, 7) is 23.7. The molecule has 2 atom stereocenters. The summed E-state index contributed by atoms with van der Waals surface area (Å²) < 4.78 is 2.25. The van der Waals surface area contributed by atoms with Gasteiger partial charge in [-0.05, 0) is 114 Å². The number of hydrogen-bond donors (Lipinski definition) is 0. The van der Waals surface area contributed by atoms with Gasteiger partial charge in [0.2, 0.25) is 0 Å². The maximum atomic E-state index is 11.2. The van der Waals surface area contributed by atoms with Crippen LogP contribution in [-0.2, 0) is 6.42 Å². The number of benzene rings is 2. The van der Waals surface area contributed by atoms with E-state index in [0.717, 1.165) is 52.6 Å². The molecule has 3 rings (SSSR count). The van der Waals surface area contributed by atoms with Gasteiger partial charge in [-0.15, -0.1) is 0 Å². The molecule has 1 saturated carbocycles. The zero-order valence-electron chi connectivity index (χ0n) is 34.0. The molecule has 49 heavy (non-hydrogen) atoms. The number of allylic oxidation sites excluding steroid dienone is 4. The summed E-state index contributed by atoms with van der Waals surface area (Å²) in [5, 5.41) is 0. The average Bonchev–Trinajstić information content (AvgIpc) is 3.07. The lowest BCUT2D eigenvalue weighted by Gasteiger charge is -2.42. The van der Waals surface area contributed by atoms with Gasteiger partial charge in [-0.25, -0.2) is 4.58 Å². The second-order valence-electron chi connectivity index (χ2n) is 14.8. The van der Waals surface area contributed by atoms with Crippen LogP contribution in [-0.4, -0.2) is 36.4 Å². The molecule has 0 aliphatic heterocycles. The van der Waals surface area contributed by atoms with Crippen LogP contribution in [0.2, 0.25) is 0 Å². The Morgan fingerprint density at radius 2 is 1.45 bits per heavy atom. The van der Waals surface area contributed by atoms with E-state index in [2.05, 4.69) is 129 Å². The number of nitrogens with zero attached hydrogens (tertiary/aromatic N) is 2. The third kappa shape index (κ3) is 16.5. The van der Waals surface area contributed by atoms with Crippen LogP contribution in [0.3, 0.4) is 0 Å². The molecular weight excluding hydrogens is 597 g/mol. The van der Waals surface area contributed by atoms with Crippen molar-refractivity contribution >= 4 is 17.7 Å². The van der Waals surface area contributed by atoms with Gasteiger partial charge in [0.1, 0.15) is 20.3 Å². The Bertz CT molecular complexity index is 1360. The predicted molar refractivity (Wildman–Crippen MR) is 219 cm³/mol. The average molecular weight is 670 g/mol. The fraction of sp³-hybridized carbons (Fsp3) is 0.587. The van der Waals surface area contributed by atoms with E-state index in [4.69, 9.17) is 0 Å². The molecule has 2 aromatic carbocycles. The van der Waals surface area contributed by atoms with Crippen LogP contribution in [0.5, 0.6) is 0 Å². The van der Waals surface area contributed by atoms with E-state index in [0.29, 0.717) is 0 Å². The topological polar surface area (TPSA) is 32.4 Å². The first-order valence-corrected chi connectivity index (χ1v) is 19.3. The van der Waals surface area contributed by atoms with Gasteiger partial charge >= 0.3 is 0 Å². The van der Waals surface area contributed by atoms with Crippen molar-refractivity contribution in [2.75, 3.05) is 14.1 Å². The molecule has 0 bridgehead atoms. The van der Waals surface area contributed by atoms with Gasteiger partial charge in [-0.3, -0.25) is 9.79 Å². The number of Topliss-reactive ketones (excluding diaryl/α,β-unsaturated/α-hetero) is 1. The molecule has 3 nitrogen and oxygen atoms in total. The molecule has 1 aliphatic carbocycles. The SMILES string of the molecule is CCC(C)C(C=[N+](C)C)CCC1(CC)CCC1.CCC/C(C)=C/C(C)=NC(C)=C(C)CC.CCc1ccc(-c2ccc(C(C)=O)cc2)cc1. The summed E-state index contributed by atoms with van der Waals surface area (Å²) in [5.74, 6) is 1.71. The lowest BCUT2D eigenvalue weighted by Crippen LogP contribution is -2.30. The molecule has 0 N–H and O–H groups in total. The first kappa shape index (κ1) is 44.0. The second kappa shape index (κ2) is 23.4. The Morgan fingerprint density at radius 3 is 1.86 bits per heavy atom. The Morgan fingerprint density at radius 1 is 0.878 bits per heavy atom. The van der Waals surface area contributed by atoms with Crippen LogP contribution in [0.15, 0.2) is 76.4 Å². The third-order valence-corrected chi connectivity index (χ3v) is 10.6. The molecular formula is C46H73N2O+. The molecule has 0 aromatic heterocycles. The highest BCUT2D eigenvalue weighted by Crippen LogP contribution is 2.48. The van der Waals surface area contributed by atoms with Crippen molar-refractivity contribution in [2.45, 2.75) is 147 Å². The van der Waals surface area contributed by atoms with Gasteiger partial charge < -0.3 is 0 Å². The van der Waals surface area contributed by atoms with Crippen molar-refractivity contribution in [3.63, 3.8) is 0 Å². The fourth-order valence-corrected chi connectivity index (χ4v) is 6.42. The van der Waals surface area contributed by atoms with E-state index in [1.807, 2.05) is 24.3 Å². The van der Waals surface area contributed by atoms with Crippen LogP contribution in [0.4, 0.5) is 0 Å². The third-order valence-electron chi connectivity index (χ3n) is 10.6. The maximum Gasteiger partial charge on any atom is 0.159 e. The number of carbonyl (C=O) groups is 1. The van der Waals surface area contributed by atoms with E-state index in [1.165, 1.54) is 80.1 Å². The Balaban J connectivity index is 0.000000369. The summed E-state index contributed by atoms with van der Waals surface area (Å²) in [6, 6.07) is 16.3. The lowest BCUT2D eigenvalue weighted by atomic mass is 9.63. The van der Waals surface area contributed by atoms with E-state index in [9.17, 15) is 4.79 Å². The molecule has 2 aromatic rings. The molecule has 0 saturated heterocycles. The van der Waals surface area contributed by atoms with Gasteiger partial charge in [0.15, 0.2) is 5.78 Å². The van der Waals surface area contributed by atoms with Crippen molar-refractivity contribution in [1.29, 1.82) is 0 Å². The molecule has 1 aliphatic rings. The number of aliphatic imine (C=N–C) groups is 1. The second-order valence-corrected chi connectivity index (χ2v) is 14.8. The zero-order valence-corrected chi connectivity index (χ0v) is 34.0. The van der Waals surface area contributed by atoms with Crippen LogP contribution in [0.1, 0.15) is 156 Å². The first-order chi connectivity index (χ1) is 23.2. The molecule has 3 heteroatoms. The number of rotatable bonds is 15. The van der Waals surface area contributed by atoms with Gasteiger partial charge in [-0.1, -0.05) is 127 Å². The van der Waals surface area contributed by atoms with Gasteiger partial charge in [0, 0.05) is 22.9 Å². The standard InChI is InChI=1S/C16H32N.C16H16O.C14H25N/c1-6-14(3)15(13-17(4)5)9-12-16(7-2)10-8-11-16;1-3-13-4-6-15(7-5-13)16-10-8-14(9-11-16)12(2)17;1-7-9-11(3)10-13(5)15-14(6)12(4)8-2/h13-15H,6-12H2,1-5H3;4-11H,3H2,1-2H3;10H,7-9H2,1-6H3/q+1;;/b;;11-10+,14-12?,15-13?. The molecule has 272 valence electrons. The smallest absolute Gasteiger partial charge is 0.159 e. The highest BCUT2D eigenvalue weighted by Gasteiger charge is 2.35. The van der Waals surface area contributed by atoms with Crippen LogP contribution in [0, 0.1) is 17.3 Å². The fourth-order valence-electron chi connectivity index (χ4n) is 6.42. The number of ketones is 1. The molecule has 0 amide bonds. The zero-order chi connectivity index (χ0) is 37.0. The van der Waals surface area contributed by atoms with Crippen molar-refractivity contribution < 1.29 is 9.37 Å². The number of aryl methyl sites for hydroxylation is 1. The summed E-state index contributed by atoms with van der Waals surface area (Å²) in [7, 11) is 4.32. The minimum atomic E-state index is 0.109. The largest absolute Gasteiger partial charge is 0.295 e. The predicted octanol–water partition coefficient (Wildman–Crippen LogP) is 13.4. The van der Waals surface area contributed by atoms with Gasteiger partial charge in [0.25, 0.3) is 0 Å². The minimum Gasteiger partial charge on any atom is -0.295 e. The minimum absolute atomic E-state index is 0.109. The number of carbonyl (C=O) groups excluding carboxylic acids is 1. The van der Waals surface area contributed by atoms with E-state index in [1.54, 1.807) is 6.92 Å². The Hall–Kier alpha value is -3.07. The van der Waals surface area contributed by atoms with E-state index < -0.39 is 0 Å². The highest BCUT2D eigenvalue weighted by molar-refractivity contribution is 5.94. The van der Waals surface area contributed by atoms with Gasteiger partial charge in [-0.2, -0.15) is 0 Å². The van der Waals surface area contributed by atoms with Gasteiger partial charge in [0.05, 0.1) is 0 Å². The van der Waals surface area contributed by atoms with Crippen molar-refractivity contribution in [1.82, 2.24) is 0 Å². The summed E-state index contributed by atoms with van der Waals surface area (Å²) in [4.78, 5) is 15.8. The first-order valence-electron chi connectivity index (χ1n) is 19.3. The summed E-state index contributed by atoms with van der Waals surface area (Å²) >= 11 is 0. The summed E-state index contributed by atoms with van der Waals surface area (Å²) in [6.07, 6.45) is 19.1. The van der Waals surface area contributed by atoms with E-state index in [-0.39, 0.29) is 5.78 Å². The van der Waals surface area contributed by atoms with Crippen molar-refractivity contribution in [2.24, 2.45) is 22.2 Å². The molecule has 0 spiro atoms. The van der Waals surface area contributed by atoms with Crippen LogP contribution >= 0.6 is 0 Å². The molecule has 0 radical (unpaired) electrons. The molecule has 0 heterocycles. The summed E-state index contributed by atoms with van der Waals surface area (Å²) in [5.41, 5.74) is 10.2. The Kier molecular flexibility index (Phi) is 20.9. The highest BCUT2D eigenvalue weighted by atomic mass is 16.1. The lowest BCUT2D eigenvalue weighted by molar-refractivity contribution is -0.462. The van der Waals surface area contributed by atoms with Crippen molar-refractivity contribution in [3.8, 4) is 11.1 Å². The van der Waals surface area contributed by atoms with Crippen LogP contribution < -0.4 is 0 Å². The van der Waals surface area contributed by atoms with Crippen molar-refractivity contribution in [3.05, 3.63) is 82.6 Å². The Labute approximate surface area is 303 Å². The number of hydrogen-bond acceptors (Lipinski definition) is 2. The quantitative estimate of drug-likeness (QED) is 0.105. The normalized spacial score (nSPS) is 15.7. The molecule has 2 unspecified atom stereocenters. The maximum absolute atomic E-state index is 11.2. The monoisotopic (exact) mass is 670 g/mol.